The van der Waals surface area contributed by atoms with Crippen LogP contribution in [-0.2, 0) is 16.6 Å². The Hall–Kier alpha value is -3.45. The minimum Gasteiger partial charge on any atom is -0.452 e. The highest BCUT2D eigenvalue weighted by Crippen LogP contribution is 2.21. The van der Waals surface area contributed by atoms with Gasteiger partial charge in [0.2, 0.25) is 0 Å². The molecule has 1 N–H and O–H groups in total. The van der Waals surface area contributed by atoms with Crippen LogP contribution in [0.15, 0.2) is 54.6 Å². The van der Waals surface area contributed by atoms with E-state index in [1.54, 1.807) is 62.5 Å². The number of ether oxygens (including phenoxy) is 1. The molecule has 1 amide bonds. The van der Waals surface area contributed by atoms with Crippen LogP contribution in [-0.4, -0.2) is 34.0 Å². The van der Waals surface area contributed by atoms with E-state index < -0.39 is 18.5 Å². The van der Waals surface area contributed by atoms with E-state index in [9.17, 15) is 14.4 Å². The van der Waals surface area contributed by atoms with Crippen LogP contribution in [0.25, 0.3) is 0 Å². The van der Waals surface area contributed by atoms with Gasteiger partial charge in [-0.1, -0.05) is 54.1 Å². The Morgan fingerprint density at radius 1 is 1.07 bits per heavy atom. The summed E-state index contributed by atoms with van der Waals surface area (Å²) in [6.45, 7) is 1.09. The number of aryl methyl sites for hydroxylation is 2. The van der Waals surface area contributed by atoms with Crippen molar-refractivity contribution in [2.45, 2.75) is 6.92 Å². The molecule has 1 aromatic heterocycles. The molecule has 0 saturated carbocycles. The maximum absolute atomic E-state index is 12.7. The fourth-order valence-corrected chi connectivity index (χ4v) is 3.04. The van der Waals surface area contributed by atoms with Crippen molar-refractivity contribution in [3.05, 3.63) is 82.1 Å². The number of anilines is 1. The Morgan fingerprint density at radius 3 is 2.38 bits per heavy atom. The number of nitrogens with zero attached hydrogens (tertiary/aromatic N) is 2. The highest BCUT2D eigenvalue weighted by Gasteiger charge is 2.21. The van der Waals surface area contributed by atoms with Crippen molar-refractivity contribution in [1.29, 1.82) is 0 Å². The van der Waals surface area contributed by atoms with Crippen LogP contribution >= 0.6 is 11.6 Å². The van der Waals surface area contributed by atoms with Gasteiger partial charge in [0.25, 0.3) is 5.91 Å². The van der Waals surface area contributed by atoms with Gasteiger partial charge in [-0.15, -0.1) is 0 Å². The number of halogens is 1. The predicted octanol–water partition coefficient (Wildman–Crippen LogP) is 3.41. The Morgan fingerprint density at radius 2 is 1.72 bits per heavy atom. The first-order valence-corrected chi connectivity index (χ1v) is 9.11. The minimum atomic E-state index is -0.746. The zero-order valence-electron chi connectivity index (χ0n) is 15.8. The normalized spacial score (nSPS) is 10.4. The van der Waals surface area contributed by atoms with Gasteiger partial charge in [0.15, 0.2) is 12.4 Å². The molecule has 0 bridgehead atoms. The molecule has 7 nitrogen and oxygen atoms in total. The third-order valence-electron chi connectivity index (χ3n) is 4.17. The van der Waals surface area contributed by atoms with E-state index >= 15 is 0 Å². The molecule has 8 heteroatoms. The van der Waals surface area contributed by atoms with Crippen LogP contribution in [0.4, 0.5) is 5.69 Å². The van der Waals surface area contributed by atoms with Crippen molar-refractivity contribution in [2.24, 2.45) is 7.05 Å². The molecule has 2 aromatic carbocycles. The van der Waals surface area contributed by atoms with Crippen LogP contribution in [0, 0.1) is 6.92 Å². The maximum Gasteiger partial charge on any atom is 0.343 e. The number of rotatable bonds is 6. The summed E-state index contributed by atoms with van der Waals surface area (Å²) in [6.07, 6.45) is 0. The van der Waals surface area contributed by atoms with Crippen LogP contribution in [0.5, 0.6) is 0 Å². The molecule has 0 fully saturated rings. The average molecular weight is 412 g/mol. The molecular formula is C21H18ClN3O4. The largest absolute Gasteiger partial charge is 0.452 e. The standard InChI is InChI=1S/C21H18ClN3O4/c1-13-18(20(22)25(2)24-13)21(28)29-12-17(26)23-16-11-7-6-10-15(16)19(27)14-8-4-3-5-9-14/h3-11H,12H2,1-2H3,(H,23,26). The predicted molar refractivity (Wildman–Crippen MR) is 108 cm³/mol. The van der Waals surface area contributed by atoms with E-state index in [0.29, 0.717) is 22.5 Å². The molecule has 148 valence electrons. The average Bonchev–Trinajstić information content (AvgIpc) is 2.98. The molecule has 0 atom stereocenters. The fourth-order valence-electron chi connectivity index (χ4n) is 2.79. The number of aromatic nitrogens is 2. The van der Waals surface area contributed by atoms with Crippen LogP contribution in [0.2, 0.25) is 5.15 Å². The van der Waals surface area contributed by atoms with Crippen molar-refractivity contribution >= 4 is 34.9 Å². The first-order chi connectivity index (χ1) is 13.9. The van der Waals surface area contributed by atoms with E-state index in [2.05, 4.69) is 10.4 Å². The Balaban J connectivity index is 1.69. The van der Waals surface area contributed by atoms with Gasteiger partial charge >= 0.3 is 5.97 Å². The lowest BCUT2D eigenvalue weighted by Crippen LogP contribution is -2.22. The topological polar surface area (TPSA) is 90.3 Å². The molecule has 3 rings (SSSR count). The van der Waals surface area contributed by atoms with Gasteiger partial charge in [0.05, 0.1) is 11.4 Å². The number of carbonyl (C=O) groups excluding carboxylic acids is 3. The first-order valence-electron chi connectivity index (χ1n) is 8.73. The molecule has 0 spiro atoms. The lowest BCUT2D eigenvalue weighted by Gasteiger charge is -2.11. The van der Waals surface area contributed by atoms with E-state index in [4.69, 9.17) is 16.3 Å². The van der Waals surface area contributed by atoms with E-state index in [1.807, 2.05) is 6.07 Å². The summed E-state index contributed by atoms with van der Waals surface area (Å²) >= 11 is 6.03. The van der Waals surface area contributed by atoms with Gasteiger partial charge in [-0.05, 0) is 19.1 Å². The smallest absolute Gasteiger partial charge is 0.343 e. The second kappa shape index (κ2) is 8.70. The number of carbonyl (C=O) groups is 3. The monoisotopic (exact) mass is 411 g/mol. The molecule has 0 radical (unpaired) electrons. The highest BCUT2D eigenvalue weighted by molar-refractivity contribution is 6.32. The first kappa shape index (κ1) is 20.3. The summed E-state index contributed by atoms with van der Waals surface area (Å²) in [7, 11) is 1.60. The van der Waals surface area contributed by atoms with Gasteiger partial charge in [0.1, 0.15) is 10.7 Å². The second-order valence-electron chi connectivity index (χ2n) is 6.24. The zero-order valence-corrected chi connectivity index (χ0v) is 16.6. The molecule has 0 unspecified atom stereocenters. The van der Waals surface area contributed by atoms with Crippen LogP contribution in [0.1, 0.15) is 32.0 Å². The molecule has 0 aliphatic rings. The number of para-hydroxylation sites is 1. The summed E-state index contributed by atoms with van der Waals surface area (Å²) in [5.41, 5.74) is 1.69. The quantitative estimate of drug-likeness (QED) is 0.496. The summed E-state index contributed by atoms with van der Waals surface area (Å²) < 4.78 is 6.39. The Bertz CT molecular complexity index is 1080. The second-order valence-corrected chi connectivity index (χ2v) is 6.60. The third-order valence-corrected chi connectivity index (χ3v) is 4.61. The van der Waals surface area contributed by atoms with Crippen LogP contribution in [0.3, 0.4) is 0 Å². The Kier molecular flexibility index (Phi) is 6.09. The molecule has 1 heterocycles. The lowest BCUT2D eigenvalue weighted by molar-refractivity contribution is -0.119. The maximum atomic E-state index is 12.7. The fraction of sp³-hybridized carbons (Fsp3) is 0.143. The summed E-state index contributed by atoms with van der Waals surface area (Å²) in [6, 6.07) is 15.4. The lowest BCUT2D eigenvalue weighted by atomic mass is 10.0. The molecule has 29 heavy (non-hydrogen) atoms. The van der Waals surface area contributed by atoms with Gasteiger partial charge in [-0.3, -0.25) is 14.3 Å². The summed E-state index contributed by atoms with van der Waals surface area (Å²) in [5, 5.41) is 6.78. The molecular weight excluding hydrogens is 394 g/mol. The summed E-state index contributed by atoms with van der Waals surface area (Å²) in [5.74, 6) is -1.55. The SMILES string of the molecule is Cc1nn(C)c(Cl)c1C(=O)OCC(=O)Nc1ccccc1C(=O)c1ccccc1. The number of amides is 1. The van der Waals surface area contributed by atoms with Crippen molar-refractivity contribution in [3.8, 4) is 0 Å². The van der Waals surface area contributed by atoms with Gasteiger partial charge in [0, 0.05) is 18.2 Å². The number of hydrogen-bond donors (Lipinski definition) is 1. The Labute approximate surface area is 172 Å². The number of nitrogens with one attached hydrogen (secondary N) is 1. The molecule has 3 aromatic rings. The molecule has 0 saturated heterocycles. The van der Waals surface area contributed by atoms with Crippen molar-refractivity contribution < 1.29 is 19.1 Å². The minimum absolute atomic E-state index is 0.113. The van der Waals surface area contributed by atoms with Gasteiger partial charge in [-0.25, -0.2) is 4.79 Å². The van der Waals surface area contributed by atoms with Gasteiger partial charge < -0.3 is 10.1 Å². The van der Waals surface area contributed by atoms with Gasteiger partial charge in [-0.2, -0.15) is 5.10 Å². The van der Waals surface area contributed by atoms with Crippen molar-refractivity contribution in [3.63, 3.8) is 0 Å². The van der Waals surface area contributed by atoms with E-state index in [0.717, 1.165) is 0 Å². The number of ketones is 1. The van der Waals surface area contributed by atoms with E-state index in [1.165, 1.54) is 4.68 Å². The van der Waals surface area contributed by atoms with Crippen LogP contribution < -0.4 is 5.32 Å². The zero-order chi connectivity index (χ0) is 21.0. The third kappa shape index (κ3) is 4.52. The number of esters is 1. The molecule has 0 aliphatic heterocycles. The number of benzene rings is 2. The van der Waals surface area contributed by atoms with E-state index in [-0.39, 0.29) is 16.5 Å². The number of hydrogen-bond acceptors (Lipinski definition) is 5. The summed E-state index contributed by atoms with van der Waals surface area (Å²) in [4.78, 5) is 37.2. The highest BCUT2D eigenvalue weighted by atomic mass is 35.5. The van der Waals surface area contributed by atoms with Crippen molar-refractivity contribution in [1.82, 2.24) is 9.78 Å². The molecule has 0 aliphatic carbocycles. The van der Waals surface area contributed by atoms with Crippen molar-refractivity contribution in [2.75, 3.05) is 11.9 Å².